The molecule has 1 aromatic rings. The quantitative estimate of drug-likeness (QED) is 0.441. The molecule has 0 atom stereocenters. The molecule has 0 unspecified atom stereocenters. The van der Waals surface area contributed by atoms with E-state index >= 15 is 0 Å². The molecule has 0 heterocycles. The molecule has 5 heteroatoms. The van der Waals surface area contributed by atoms with Crippen molar-refractivity contribution in [1.82, 2.24) is 0 Å². The number of hydrogen-bond donors (Lipinski definition) is 0. The van der Waals surface area contributed by atoms with Crippen LogP contribution in [0.3, 0.4) is 0 Å². The van der Waals surface area contributed by atoms with Crippen molar-refractivity contribution < 1.29 is 15.5 Å². The smallest absolute Gasteiger partial charge is 1.00 e. The van der Waals surface area contributed by atoms with Gasteiger partial charge >= 0.3 is 23.1 Å². The molecule has 0 bridgehead atoms. The monoisotopic (exact) mass is 224 g/mol. The van der Waals surface area contributed by atoms with Crippen molar-refractivity contribution in [2.45, 2.75) is 4.90 Å². The van der Waals surface area contributed by atoms with E-state index in [1.54, 1.807) is 18.2 Å². The first-order chi connectivity index (χ1) is 6.17. The van der Waals surface area contributed by atoms with Gasteiger partial charge in [-0.2, -0.15) is 8.42 Å². The fourth-order valence-electron chi connectivity index (χ4n) is 0.793. The van der Waals surface area contributed by atoms with Gasteiger partial charge in [0.05, 0.1) is 11.5 Å². The molecule has 0 spiro atoms. The first-order valence-corrected chi connectivity index (χ1v) is 5.13. The Hall–Kier alpha value is -0.364. The Balaban J connectivity index is -0.000000563. The Morgan fingerprint density at radius 3 is 2.43 bits per heavy atom. The molecule has 0 radical (unpaired) electrons. The van der Waals surface area contributed by atoms with Crippen LogP contribution in [0, 0.1) is 0 Å². The van der Waals surface area contributed by atoms with Crippen molar-refractivity contribution in [1.29, 1.82) is 0 Å². The molecule has 1 aromatic carbocycles. The third-order valence-electron chi connectivity index (χ3n) is 1.37. The minimum Gasteiger partial charge on any atom is -1.00 e. The summed E-state index contributed by atoms with van der Waals surface area (Å²) in [6.07, 6.45) is 1.39. The zero-order valence-electron chi connectivity index (χ0n) is 9.72. The van der Waals surface area contributed by atoms with Gasteiger partial charge in [0.15, 0.2) is 0 Å². The summed E-state index contributed by atoms with van der Waals surface area (Å²) < 4.78 is 27.3. The van der Waals surface area contributed by atoms with E-state index in [2.05, 4.69) is 10.8 Å². The van der Waals surface area contributed by atoms with Crippen molar-refractivity contribution in [3.05, 3.63) is 43.0 Å². The van der Waals surface area contributed by atoms with Crippen LogP contribution in [0.4, 0.5) is 0 Å². The van der Waals surface area contributed by atoms with Gasteiger partial charge in [-0.3, -0.25) is 4.18 Å². The third kappa shape index (κ3) is 3.79. The van der Waals surface area contributed by atoms with Crippen LogP contribution >= 0.6 is 0 Å². The molecule has 0 N–H and O–H groups in total. The van der Waals surface area contributed by atoms with E-state index in [1.165, 1.54) is 18.2 Å². The van der Waals surface area contributed by atoms with E-state index in [0.29, 0.717) is 0 Å². The van der Waals surface area contributed by atoms with Gasteiger partial charge < -0.3 is 2.85 Å². The van der Waals surface area contributed by atoms with Crippen LogP contribution in [0.1, 0.15) is 2.85 Å². The van der Waals surface area contributed by atoms with Crippen LogP contribution in [0.15, 0.2) is 47.9 Å². The molecular weight excluding hydrogens is 212 g/mol. The maximum atomic E-state index is 11.3. The minimum atomic E-state index is -3.59. The Morgan fingerprint density at radius 2 is 1.93 bits per heavy atom. The number of rotatable bonds is 4. The second kappa shape index (κ2) is 6.18. The van der Waals surface area contributed by atoms with E-state index in [9.17, 15) is 8.42 Å². The fraction of sp³-hybridized carbons (Fsp3) is 0.111. The Bertz CT molecular complexity index is 381. The Labute approximate surface area is 103 Å². The average Bonchev–Trinajstić information content (AvgIpc) is 2.16. The zero-order valence-corrected chi connectivity index (χ0v) is 9.95. The van der Waals surface area contributed by atoms with Crippen LogP contribution in [0.2, 0.25) is 0 Å². The van der Waals surface area contributed by atoms with Crippen LogP contribution in [-0.2, 0) is 14.3 Å². The molecular formula is C9H12MgO3S. The standard InChI is InChI=1S/C9H10O3S.Mg.2H/c1-2-8-12-13(10,11)9-6-4-3-5-7-9;;;/h2-7H,1,8H2;;;/q;+2;2*-1. The summed E-state index contributed by atoms with van der Waals surface area (Å²) >= 11 is 0. The van der Waals surface area contributed by atoms with Crippen LogP contribution in [0.5, 0.6) is 0 Å². The van der Waals surface area contributed by atoms with E-state index in [4.69, 9.17) is 0 Å². The third-order valence-corrected chi connectivity index (χ3v) is 2.67. The molecule has 0 saturated carbocycles. The molecule has 0 fully saturated rings. The van der Waals surface area contributed by atoms with Crippen molar-refractivity contribution >= 4 is 33.2 Å². The first-order valence-electron chi connectivity index (χ1n) is 3.72. The summed E-state index contributed by atoms with van der Waals surface area (Å²) in [5, 5.41) is 0. The van der Waals surface area contributed by atoms with Gasteiger partial charge in [0.2, 0.25) is 0 Å². The Kier molecular flexibility index (Phi) is 6.02. The summed E-state index contributed by atoms with van der Waals surface area (Å²) in [5.41, 5.74) is 0. The molecule has 0 aliphatic rings. The van der Waals surface area contributed by atoms with Gasteiger partial charge in [-0.05, 0) is 12.1 Å². The van der Waals surface area contributed by atoms with Gasteiger partial charge in [-0.1, -0.05) is 24.3 Å². The molecule has 3 nitrogen and oxygen atoms in total. The Morgan fingerprint density at radius 1 is 1.36 bits per heavy atom. The maximum absolute atomic E-state index is 11.3. The number of hydrogen-bond acceptors (Lipinski definition) is 3. The largest absolute Gasteiger partial charge is 2.00 e. The molecule has 0 aromatic heterocycles. The number of benzene rings is 1. The van der Waals surface area contributed by atoms with Crippen molar-refractivity contribution in [2.24, 2.45) is 0 Å². The molecule has 0 aliphatic carbocycles. The van der Waals surface area contributed by atoms with Crippen LogP contribution < -0.4 is 0 Å². The summed E-state index contributed by atoms with van der Waals surface area (Å²) in [7, 11) is -3.59. The van der Waals surface area contributed by atoms with Crippen molar-refractivity contribution in [3.63, 3.8) is 0 Å². The van der Waals surface area contributed by atoms with E-state index in [0.717, 1.165) is 0 Å². The molecule has 0 amide bonds. The SMILES string of the molecule is C=CCOS(=O)(=O)c1ccccc1.[H-].[H-].[Mg+2]. The zero-order chi connectivity index (χ0) is 9.73. The summed E-state index contributed by atoms with van der Waals surface area (Å²) in [5.74, 6) is 0. The van der Waals surface area contributed by atoms with Gasteiger partial charge in [-0.25, -0.2) is 0 Å². The summed E-state index contributed by atoms with van der Waals surface area (Å²) in [4.78, 5) is 0.164. The normalized spacial score (nSPS) is 10.3. The molecule has 14 heavy (non-hydrogen) atoms. The molecule has 0 aliphatic heterocycles. The first kappa shape index (κ1) is 13.6. The van der Waals surface area contributed by atoms with Gasteiger partial charge in [0.1, 0.15) is 0 Å². The van der Waals surface area contributed by atoms with Crippen molar-refractivity contribution in [2.75, 3.05) is 6.61 Å². The molecule has 74 valence electrons. The summed E-state index contributed by atoms with van der Waals surface area (Å²) in [6.45, 7) is 3.37. The second-order valence-corrected chi connectivity index (χ2v) is 3.96. The van der Waals surface area contributed by atoms with E-state index in [1.807, 2.05) is 0 Å². The molecule has 1 rings (SSSR count). The maximum Gasteiger partial charge on any atom is 2.00 e. The molecule has 0 saturated heterocycles. The van der Waals surface area contributed by atoms with Gasteiger partial charge in [0.25, 0.3) is 10.1 Å². The minimum absolute atomic E-state index is 0. The predicted octanol–water partition coefficient (Wildman–Crippen LogP) is 1.42. The van der Waals surface area contributed by atoms with Gasteiger partial charge in [0, 0.05) is 0 Å². The van der Waals surface area contributed by atoms with Crippen LogP contribution in [0.25, 0.3) is 0 Å². The van der Waals surface area contributed by atoms with Crippen molar-refractivity contribution in [3.8, 4) is 0 Å². The average molecular weight is 225 g/mol. The summed E-state index contributed by atoms with van der Waals surface area (Å²) in [6, 6.07) is 8.00. The second-order valence-electron chi connectivity index (χ2n) is 2.34. The topological polar surface area (TPSA) is 43.4 Å². The van der Waals surface area contributed by atoms with E-state index in [-0.39, 0.29) is 37.4 Å². The van der Waals surface area contributed by atoms with Crippen LogP contribution in [-0.4, -0.2) is 38.1 Å². The fourth-order valence-corrected chi connectivity index (χ4v) is 1.69. The predicted molar refractivity (Wildman–Crippen MR) is 57.8 cm³/mol. The van der Waals surface area contributed by atoms with Gasteiger partial charge in [-0.15, -0.1) is 6.58 Å². The van der Waals surface area contributed by atoms with E-state index < -0.39 is 10.1 Å².